The monoisotopic (exact) mass is 336 g/mol. The lowest BCUT2D eigenvalue weighted by molar-refractivity contribution is 0.0976. The van der Waals surface area contributed by atoms with E-state index in [2.05, 4.69) is 14.5 Å². The minimum Gasteiger partial charge on any atom is -0.451 e. The van der Waals surface area contributed by atoms with E-state index >= 15 is 0 Å². The fourth-order valence-corrected chi connectivity index (χ4v) is 2.66. The van der Waals surface area contributed by atoms with Gasteiger partial charge in [-0.25, -0.2) is 27.2 Å². The Kier molecular flexibility index (Phi) is 3.66. The topological polar surface area (TPSA) is 107 Å². The van der Waals surface area contributed by atoms with Crippen LogP contribution in [0.15, 0.2) is 58.6 Å². The number of benzene rings is 1. The summed E-state index contributed by atoms with van der Waals surface area (Å²) in [5.74, 6) is -1.51. The molecule has 0 fully saturated rings. The number of nitrogens with one attached hydrogen (secondary N) is 1. The van der Waals surface area contributed by atoms with Crippen molar-refractivity contribution in [2.75, 3.05) is 0 Å². The van der Waals surface area contributed by atoms with Gasteiger partial charge in [-0.2, -0.15) is 5.10 Å². The highest BCUT2D eigenvalue weighted by atomic mass is 32.2. The van der Waals surface area contributed by atoms with Gasteiger partial charge in [-0.3, -0.25) is 4.79 Å². The molecule has 3 aromatic rings. The lowest BCUT2D eigenvalue weighted by Gasteiger charge is -2.03. The smallest absolute Gasteiger partial charge is 0.286 e. The molecule has 3 rings (SSSR count). The Labute approximate surface area is 129 Å². The average Bonchev–Trinajstić information content (AvgIpc) is 3.19. The molecule has 1 N–H and O–H groups in total. The predicted octanol–water partition coefficient (Wildman–Crippen LogP) is 1.12. The van der Waals surface area contributed by atoms with E-state index in [1.54, 1.807) is 6.07 Å². The molecule has 0 bridgehead atoms. The van der Waals surface area contributed by atoms with Gasteiger partial charge in [0.25, 0.3) is 15.9 Å². The van der Waals surface area contributed by atoms with E-state index in [-0.39, 0.29) is 16.3 Å². The number of aromatic nitrogens is 3. The third-order valence-corrected chi connectivity index (χ3v) is 4.15. The maximum atomic E-state index is 13.7. The number of para-hydroxylation sites is 1. The molecule has 0 radical (unpaired) electrons. The van der Waals surface area contributed by atoms with Crippen molar-refractivity contribution < 1.29 is 22.0 Å². The van der Waals surface area contributed by atoms with Crippen molar-refractivity contribution in [2.24, 2.45) is 0 Å². The number of rotatable bonds is 4. The van der Waals surface area contributed by atoms with E-state index in [9.17, 15) is 17.6 Å². The molecule has 10 heteroatoms. The highest BCUT2D eigenvalue weighted by Crippen LogP contribution is 2.15. The zero-order valence-electron chi connectivity index (χ0n) is 11.4. The van der Waals surface area contributed by atoms with Crippen molar-refractivity contribution in [2.45, 2.75) is 4.90 Å². The van der Waals surface area contributed by atoms with E-state index in [1.165, 1.54) is 18.2 Å². The molecule has 1 amide bonds. The molecule has 0 aliphatic carbocycles. The highest BCUT2D eigenvalue weighted by molar-refractivity contribution is 7.90. The molecule has 0 saturated heterocycles. The third kappa shape index (κ3) is 2.97. The summed E-state index contributed by atoms with van der Waals surface area (Å²) in [4.78, 5) is 15.0. The van der Waals surface area contributed by atoms with Gasteiger partial charge in [-0.1, -0.05) is 12.1 Å². The summed E-state index contributed by atoms with van der Waals surface area (Å²) >= 11 is 0. The quantitative estimate of drug-likeness (QED) is 0.765. The molecule has 8 nitrogen and oxygen atoms in total. The highest BCUT2D eigenvalue weighted by Gasteiger charge is 2.22. The van der Waals surface area contributed by atoms with Crippen LogP contribution in [0.5, 0.6) is 0 Å². The van der Waals surface area contributed by atoms with Gasteiger partial charge in [0.15, 0.2) is 12.1 Å². The van der Waals surface area contributed by atoms with Crippen LogP contribution in [0.25, 0.3) is 5.69 Å². The zero-order valence-corrected chi connectivity index (χ0v) is 12.2. The summed E-state index contributed by atoms with van der Waals surface area (Å²) in [6.45, 7) is 0. The molecule has 2 heterocycles. The molecule has 0 unspecified atom stereocenters. The number of oxazole rings is 1. The Balaban J connectivity index is 1.87. The van der Waals surface area contributed by atoms with Gasteiger partial charge in [0, 0.05) is 0 Å². The molecule has 23 heavy (non-hydrogen) atoms. The maximum absolute atomic E-state index is 13.7. The van der Waals surface area contributed by atoms with Crippen LogP contribution < -0.4 is 4.72 Å². The number of hydrogen-bond acceptors (Lipinski definition) is 6. The van der Waals surface area contributed by atoms with Crippen molar-refractivity contribution in [1.82, 2.24) is 19.5 Å². The second kappa shape index (κ2) is 5.65. The van der Waals surface area contributed by atoms with E-state index in [1.807, 2.05) is 4.72 Å². The first-order chi connectivity index (χ1) is 11.0. The number of halogens is 1. The van der Waals surface area contributed by atoms with Crippen LogP contribution in [0.2, 0.25) is 0 Å². The summed E-state index contributed by atoms with van der Waals surface area (Å²) < 4.78 is 45.4. The molecule has 0 aliphatic heterocycles. The van der Waals surface area contributed by atoms with Gasteiger partial charge >= 0.3 is 0 Å². The summed E-state index contributed by atoms with van der Waals surface area (Å²) in [6.07, 6.45) is 4.10. The molecule has 0 atom stereocenters. The molecule has 0 spiro atoms. The first-order valence-electron chi connectivity index (χ1n) is 6.22. The summed E-state index contributed by atoms with van der Waals surface area (Å²) in [7, 11) is -4.17. The maximum Gasteiger partial charge on any atom is 0.286 e. The lowest BCUT2D eigenvalue weighted by atomic mass is 10.3. The van der Waals surface area contributed by atoms with Crippen molar-refractivity contribution in [3.8, 4) is 5.69 Å². The number of amides is 1. The van der Waals surface area contributed by atoms with Gasteiger partial charge in [-0.15, -0.1) is 0 Å². The first kappa shape index (κ1) is 14.9. The fourth-order valence-electron chi connectivity index (χ4n) is 1.77. The van der Waals surface area contributed by atoms with Crippen molar-refractivity contribution in [1.29, 1.82) is 0 Å². The van der Waals surface area contributed by atoms with E-state index in [0.29, 0.717) is 0 Å². The summed E-state index contributed by atoms with van der Waals surface area (Å²) in [5.41, 5.74) is -0.105. The Bertz CT molecular complexity index is 950. The minimum absolute atomic E-state index is 0.0803. The molecule has 1 aromatic carbocycles. The van der Waals surface area contributed by atoms with Gasteiger partial charge < -0.3 is 4.42 Å². The van der Waals surface area contributed by atoms with Crippen molar-refractivity contribution in [3.05, 3.63) is 60.8 Å². The lowest BCUT2D eigenvalue weighted by Crippen LogP contribution is -2.30. The molecular formula is C13H9FN4O4S. The van der Waals surface area contributed by atoms with E-state index in [4.69, 9.17) is 0 Å². The summed E-state index contributed by atoms with van der Waals surface area (Å²) in [6, 6.07) is 5.74. The number of carbonyl (C=O) groups is 1. The fraction of sp³-hybridized carbons (Fsp3) is 0. The average molecular weight is 336 g/mol. The largest absolute Gasteiger partial charge is 0.451 e. The van der Waals surface area contributed by atoms with E-state index in [0.717, 1.165) is 29.7 Å². The number of sulfonamides is 1. The number of nitrogens with zero attached hydrogens (tertiary/aromatic N) is 3. The van der Waals surface area contributed by atoms with Gasteiger partial charge in [0.2, 0.25) is 0 Å². The van der Waals surface area contributed by atoms with Crippen LogP contribution in [-0.2, 0) is 10.0 Å². The second-order valence-corrected chi connectivity index (χ2v) is 6.06. The predicted molar refractivity (Wildman–Crippen MR) is 74.7 cm³/mol. The molecule has 118 valence electrons. The minimum atomic E-state index is -4.17. The number of carbonyl (C=O) groups excluding carboxylic acids is 1. The Morgan fingerprint density at radius 2 is 2.09 bits per heavy atom. The third-order valence-electron chi connectivity index (χ3n) is 2.86. The van der Waals surface area contributed by atoms with Crippen LogP contribution in [-0.4, -0.2) is 29.1 Å². The first-order valence-corrected chi connectivity index (χ1v) is 7.70. The van der Waals surface area contributed by atoms with Crippen LogP contribution in [0, 0.1) is 5.82 Å². The Hall–Kier alpha value is -3.01. The Morgan fingerprint density at radius 3 is 2.78 bits per heavy atom. The van der Waals surface area contributed by atoms with Crippen molar-refractivity contribution >= 4 is 15.9 Å². The van der Waals surface area contributed by atoms with E-state index < -0.39 is 21.7 Å². The van der Waals surface area contributed by atoms with Gasteiger partial charge in [0.05, 0.1) is 12.4 Å². The van der Waals surface area contributed by atoms with Crippen LogP contribution in [0.4, 0.5) is 4.39 Å². The molecule has 0 saturated carbocycles. The van der Waals surface area contributed by atoms with Gasteiger partial charge in [0.1, 0.15) is 22.7 Å². The van der Waals surface area contributed by atoms with Crippen LogP contribution >= 0.6 is 0 Å². The Morgan fingerprint density at radius 1 is 1.30 bits per heavy atom. The second-order valence-electron chi connectivity index (χ2n) is 4.38. The van der Waals surface area contributed by atoms with Crippen molar-refractivity contribution in [3.63, 3.8) is 0 Å². The molecule has 2 aromatic heterocycles. The van der Waals surface area contributed by atoms with Crippen LogP contribution in [0.1, 0.15) is 10.5 Å². The van der Waals surface area contributed by atoms with Crippen LogP contribution in [0.3, 0.4) is 0 Å². The summed E-state index contributed by atoms with van der Waals surface area (Å²) in [5, 5.41) is 3.80. The SMILES string of the molecule is O=C(NS(=O)(=O)c1cnn(-c2ccccc2F)c1)c1cocn1. The normalized spacial score (nSPS) is 11.3. The molecule has 0 aliphatic rings. The zero-order chi connectivity index (χ0) is 16.4. The van der Waals surface area contributed by atoms with Gasteiger partial charge in [-0.05, 0) is 12.1 Å². The standard InChI is InChI=1S/C13H9FN4O4S/c14-10-3-1-2-4-12(10)18-6-9(5-16-18)23(20,21)17-13(19)11-7-22-8-15-11/h1-8H,(H,17,19). The number of hydrogen-bond donors (Lipinski definition) is 1. The molecular weight excluding hydrogens is 327 g/mol.